The standard InChI is InChI=1S/C28H29Cl4N3O4S/c1-3-14-33-28(37)26(15-19-8-5-4-6-9-19)34(17-21-22(30)10-7-11-23(21)31)27(36)18-35(40(2,38)39)25-13-12-20(29)16-24(25)32/h4-13,16,26H,3,14-15,17-18H2,1-2H3,(H,33,37)/t26-/m1/s1. The van der Waals surface area contributed by atoms with Crippen molar-refractivity contribution in [3.63, 3.8) is 0 Å². The summed E-state index contributed by atoms with van der Waals surface area (Å²) in [4.78, 5) is 28.9. The molecule has 0 spiro atoms. The van der Waals surface area contributed by atoms with E-state index in [0.29, 0.717) is 33.6 Å². The normalized spacial score (nSPS) is 12.1. The van der Waals surface area contributed by atoms with Crippen molar-refractivity contribution in [2.45, 2.75) is 32.4 Å². The molecule has 0 aliphatic rings. The predicted molar refractivity (Wildman–Crippen MR) is 163 cm³/mol. The van der Waals surface area contributed by atoms with E-state index in [-0.39, 0.29) is 23.7 Å². The fraction of sp³-hybridized carbons (Fsp3) is 0.286. The van der Waals surface area contributed by atoms with Gasteiger partial charge in [0.05, 0.1) is 17.0 Å². The zero-order chi connectivity index (χ0) is 29.4. The number of halogens is 4. The first-order chi connectivity index (χ1) is 18.9. The van der Waals surface area contributed by atoms with Crippen LogP contribution >= 0.6 is 46.4 Å². The molecule has 0 saturated carbocycles. The van der Waals surface area contributed by atoms with Crippen LogP contribution in [-0.4, -0.2) is 50.5 Å². The Labute approximate surface area is 255 Å². The molecule has 0 heterocycles. The van der Waals surface area contributed by atoms with Gasteiger partial charge in [0, 0.05) is 40.1 Å². The Morgan fingerprint density at radius 1 is 0.900 bits per heavy atom. The van der Waals surface area contributed by atoms with Crippen molar-refractivity contribution >= 4 is 73.9 Å². The van der Waals surface area contributed by atoms with Crippen molar-refractivity contribution in [3.05, 3.63) is 97.9 Å². The minimum Gasteiger partial charge on any atom is -0.354 e. The molecule has 12 heteroatoms. The highest BCUT2D eigenvalue weighted by Gasteiger charge is 2.34. The summed E-state index contributed by atoms with van der Waals surface area (Å²) in [5.74, 6) is -1.04. The Morgan fingerprint density at radius 3 is 2.12 bits per heavy atom. The number of sulfonamides is 1. The smallest absolute Gasteiger partial charge is 0.244 e. The number of nitrogens with one attached hydrogen (secondary N) is 1. The topological polar surface area (TPSA) is 86.8 Å². The maximum Gasteiger partial charge on any atom is 0.244 e. The van der Waals surface area contributed by atoms with Gasteiger partial charge in [-0.2, -0.15) is 0 Å². The molecule has 0 unspecified atom stereocenters. The molecule has 0 radical (unpaired) electrons. The summed E-state index contributed by atoms with van der Waals surface area (Å²) in [6.45, 7) is 1.54. The van der Waals surface area contributed by atoms with Crippen LogP contribution in [0.25, 0.3) is 0 Å². The molecule has 0 aliphatic carbocycles. The molecule has 3 aromatic rings. The van der Waals surface area contributed by atoms with Crippen molar-refractivity contribution in [2.24, 2.45) is 0 Å². The van der Waals surface area contributed by atoms with Gasteiger partial charge in [-0.25, -0.2) is 8.42 Å². The summed E-state index contributed by atoms with van der Waals surface area (Å²) in [6, 6.07) is 17.4. The van der Waals surface area contributed by atoms with Crippen molar-refractivity contribution in [1.82, 2.24) is 10.2 Å². The van der Waals surface area contributed by atoms with E-state index in [0.717, 1.165) is 16.1 Å². The average Bonchev–Trinajstić information content (AvgIpc) is 2.89. The summed E-state index contributed by atoms with van der Waals surface area (Å²) in [7, 11) is -3.98. The number of benzene rings is 3. The van der Waals surface area contributed by atoms with Gasteiger partial charge in [-0.3, -0.25) is 13.9 Å². The van der Waals surface area contributed by atoms with Crippen LogP contribution in [0, 0.1) is 0 Å². The van der Waals surface area contributed by atoms with Crippen LogP contribution in [0.15, 0.2) is 66.7 Å². The Bertz CT molecular complexity index is 1430. The number of rotatable bonds is 12. The van der Waals surface area contributed by atoms with Gasteiger partial charge in [0.1, 0.15) is 12.6 Å². The Hall–Kier alpha value is -2.49. The first-order valence-corrected chi connectivity index (χ1v) is 15.7. The van der Waals surface area contributed by atoms with Crippen molar-refractivity contribution in [3.8, 4) is 0 Å². The van der Waals surface area contributed by atoms with Gasteiger partial charge in [0.25, 0.3) is 0 Å². The van der Waals surface area contributed by atoms with Gasteiger partial charge in [0.15, 0.2) is 0 Å². The third-order valence-corrected chi connectivity index (χ3v) is 8.44. The van der Waals surface area contributed by atoms with E-state index in [1.807, 2.05) is 37.3 Å². The van der Waals surface area contributed by atoms with Crippen LogP contribution in [0.1, 0.15) is 24.5 Å². The molecule has 3 aromatic carbocycles. The van der Waals surface area contributed by atoms with E-state index in [9.17, 15) is 18.0 Å². The lowest BCUT2D eigenvalue weighted by Crippen LogP contribution is -2.53. The van der Waals surface area contributed by atoms with Crippen LogP contribution in [-0.2, 0) is 32.6 Å². The SMILES string of the molecule is CCCNC(=O)[C@@H](Cc1ccccc1)N(Cc1c(Cl)cccc1Cl)C(=O)CN(c1ccc(Cl)cc1Cl)S(C)(=O)=O. The zero-order valence-corrected chi connectivity index (χ0v) is 25.8. The third-order valence-electron chi connectivity index (χ3n) is 6.07. The fourth-order valence-electron chi connectivity index (χ4n) is 4.05. The summed E-state index contributed by atoms with van der Waals surface area (Å²) in [6.07, 6.45) is 1.83. The maximum atomic E-state index is 14.1. The Morgan fingerprint density at radius 2 is 1.55 bits per heavy atom. The highest BCUT2D eigenvalue weighted by Crippen LogP contribution is 2.31. The molecule has 7 nitrogen and oxygen atoms in total. The molecule has 2 amide bonds. The molecule has 1 N–H and O–H groups in total. The summed E-state index contributed by atoms with van der Waals surface area (Å²) in [5, 5.41) is 3.83. The van der Waals surface area contributed by atoms with E-state index in [2.05, 4.69) is 5.32 Å². The largest absolute Gasteiger partial charge is 0.354 e. The molecule has 214 valence electrons. The Balaban J connectivity index is 2.11. The fourth-order valence-corrected chi connectivity index (χ4v) is 5.99. The monoisotopic (exact) mass is 643 g/mol. The van der Waals surface area contributed by atoms with Gasteiger partial charge in [-0.05, 0) is 42.3 Å². The molecular formula is C28H29Cl4N3O4S. The first-order valence-electron chi connectivity index (χ1n) is 12.4. The number of carbonyl (C=O) groups is 2. The minimum atomic E-state index is -3.98. The number of anilines is 1. The lowest BCUT2D eigenvalue weighted by atomic mass is 10.0. The van der Waals surface area contributed by atoms with Crippen molar-refractivity contribution < 1.29 is 18.0 Å². The highest BCUT2D eigenvalue weighted by molar-refractivity contribution is 7.92. The van der Waals surface area contributed by atoms with Crippen LogP contribution in [0.4, 0.5) is 5.69 Å². The number of nitrogens with zero attached hydrogens (tertiary/aromatic N) is 2. The van der Waals surface area contributed by atoms with E-state index >= 15 is 0 Å². The lowest BCUT2D eigenvalue weighted by Gasteiger charge is -2.34. The average molecular weight is 645 g/mol. The van der Waals surface area contributed by atoms with Crippen LogP contribution in [0.2, 0.25) is 20.1 Å². The summed E-state index contributed by atoms with van der Waals surface area (Å²) < 4.78 is 26.6. The molecule has 0 saturated heterocycles. The quantitative estimate of drug-likeness (QED) is 0.253. The van der Waals surface area contributed by atoms with E-state index in [1.54, 1.807) is 18.2 Å². The van der Waals surface area contributed by atoms with Crippen molar-refractivity contribution in [1.29, 1.82) is 0 Å². The second kappa shape index (κ2) is 14.4. The zero-order valence-electron chi connectivity index (χ0n) is 21.9. The number of carbonyl (C=O) groups excluding carboxylic acids is 2. The van der Waals surface area contributed by atoms with Gasteiger partial charge in [-0.1, -0.05) is 89.7 Å². The van der Waals surface area contributed by atoms with Crippen molar-refractivity contribution in [2.75, 3.05) is 23.7 Å². The molecule has 0 bridgehead atoms. The third kappa shape index (κ3) is 8.51. The van der Waals surface area contributed by atoms with Gasteiger partial charge < -0.3 is 10.2 Å². The van der Waals surface area contributed by atoms with E-state index in [1.165, 1.54) is 23.1 Å². The number of hydrogen-bond donors (Lipinski definition) is 1. The minimum absolute atomic E-state index is 0.0490. The summed E-state index contributed by atoms with van der Waals surface area (Å²) >= 11 is 25.3. The van der Waals surface area contributed by atoms with Gasteiger partial charge >= 0.3 is 0 Å². The van der Waals surface area contributed by atoms with Gasteiger partial charge in [0.2, 0.25) is 21.8 Å². The first kappa shape index (κ1) is 32.0. The van der Waals surface area contributed by atoms with Crippen LogP contribution in [0.3, 0.4) is 0 Å². The molecule has 3 rings (SSSR count). The maximum absolute atomic E-state index is 14.1. The molecule has 0 fully saturated rings. The molecule has 0 aromatic heterocycles. The number of amides is 2. The highest BCUT2D eigenvalue weighted by atomic mass is 35.5. The predicted octanol–water partition coefficient (Wildman–Crippen LogP) is 6.23. The molecule has 40 heavy (non-hydrogen) atoms. The van der Waals surface area contributed by atoms with Crippen LogP contribution < -0.4 is 9.62 Å². The van der Waals surface area contributed by atoms with Gasteiger partial charge in [-0.15, -0.1) is 0 Å². The van der Waals surface area contributed by atoms with Crippen LogP contribution in [0.5, 0.6) is 0 Å². The molecular weight excluding hydrogens is 616 g/mol. The second-order valence-corrected chi connectivity index (χ2v) is 12.6. The number of hydrogen-bond acceptors (Lipinski definition) is 4. The van der Waals surface area contributed by atoms with E-state index in [4.69, 9.17) is 46.4 Å². The summed E-state index contributed by atoms with van der Waals surface area (Å²) in [5.41, 5.74) is 1.31. The second-order valence-electron chi connectivity index (χ2n) is 9.08. The lowest BCUT2D eigenvalue weighted by molar-refractivity contribution is -0.140. The Kier molecular flexibility index (Phi) is 11.5. The molecule has 1 atom stereocenters. The van der Waals surface area contributed by atoms with E-state index < -0.39 is 34.4 Å². The molecule has 0 aliphatic heterocycles.